The number of nitrogens with zero attached hydrogens (tertiary/aromatic N) is 4. The number of rotatable bonds is 5. The van der Waals surface area contributed by atoms with Gasteiger partial charge < -0.3 is 9.15 Å². The Bertz CT molecular complexity index is 962. The smallest absolute Gasteiger partial charge is 0.413 e. The number of carbonyl (C=O) groups excluding carboxylic acids is 1. The average molecular weight is 361 g/mol. The van der Waals surface area contributed by atoms with Crippen molar-refractivity contribution in [1.29, 1.82) is 0 Å². The van der Waals surface area contributed by atoms with Crippen molar-refractivity contribution in [2.45, 2.75) is 6.61 Å². The Balaban J connectivity index is 1.55. The summed E-state index contributed by atoms with van der Waals surface area (Å²) >= 11 is 0. The fourth-order valence-electron chi connectivity index (χ4n) is 2.40. The van der Waals surface area contributed by atoms with E-state index in [2.05, 4.69) is 20.4 Å². The second-order valence-corrected chi connectivity index (χ2v) is 5.55. The average Bonchev–Trinajstić information content (AvgIpc) is 3.41. The maximum Gasteiger partial charge on any atom is 0.413 e. The number of anilines is 1. The van der Waals surface area contributed by atoms with Crippen LogP contribution in [0, 0.1) is 0 Å². The predicted molar refractivity (Wildman–Crippen MR) is 97.1 cm³/mol. The molecule has 0 aliphatic carbocycles. The fraction of sp³-hybridized carbons (Fsp3) is 0.0526. The lowest BCUT2D eigenvalue weighted by Crippen LogP contribution is -2.15. The monoisotopic (exact) mass is 361 g/mol. The zero-order chi connectivity index (χ0) is 18.5. The van der Waals surface area contributed by atoms with Gasteiger partial charge in [-0.3, -0.25) is 5.32 Å². The van der Waals surface area contributed by atoms with Crippen LogP contribution in [-0.4, -0.2) is 25.8 Å². The lowest BCUT2D eigenvalue weighted by Gasteiger charge is -2.09. The molecular formula is C19H15N5O3. The van der Waals surface area contributed by atoms with Gasteiger partial charge in [0.15, 0.2) is 17.4 Å². The van der Waals surface area contributed by atoms with Gasteiger partial charge in [-0.25, -0.2) is 19.4 Å². The molecule has 3 heterocycles. The van der Waals surface area contributed by atoms with Gasteiger partial charge in [0, 0.05) is 18.5 Å². The minimum Gasteiger partial charge on any atom is -0.461 e. The van der Waals surface area contributed by atoms with E-state index in [0.717, 1.165) is 5.56 Å². The van der Waals surface area contributed by atoms with Crippen LogP contribution in [-0.2, 0) is 11.3 Å². The summed E-state index contributed by atoms with van der Waals surface area (Å²) in [5.41, 5.74) is 0.892. The van der Waals surface area contributed by atoms with Crippen molar-refractivity contribution in [2.24, 2.45) is 0 Å². The third kappa shape index (κ3) is 4.01. The number of aromatic nitrogens is 4. The van der Waals surface area contributed by atoms with Gasteiger partial charge >= 0.3 is 6.09 Å². The van der Waals surface area contributed by atoms with Crippen molar-refractivity contribution >= 4 is 11.9 Å². The summed E-state index contributed by atoms with van der Waals surface area (Å²) in [5.74, 6) is 1.57. The highest BCUT2D eigenvalue weighted by atomic mass is 16.5. The molecule has 0 spiro atoms. The molecule has 8 nitrogen and oxygen atoms in total. The molecule has 4 aromatic rings. The Labute approximate surface area is 154 Å². The topological polar surface area (TPSA) is 95.1 Å². The molecule has 8 heteroatoms. The van der Waals surface area contributed by atoms with E-state index in [1.165, 1.54) is 6.26 Å². The molecule has 134 valence electrons. The van der Waals surface area contributed by atoms with E-state index >= 15 is 0 Å². The van der Waals surface area contributed by atoms with Crippen molar-refractivity contribution in [3.05, 3.63) is 78.8 Å². The number of hydrogen-bond donors (Lipinski definition) is 1. The van der Waals surface area contributed by atoms with Crippen LogP contribution in [0.4, 0.5) is 10.6 Å². The van der Waals surface area contributed by atoms with Gasteiger partial charge in [-0.15, -0.1) is 0 Å². The van der Waals surface area contributed by atoms with Crippen LogP contribution >= 0.6 is 0 Å². The van der Waals surface area contributed by atoms with Crippen molar-refractivity contribution in [3.8, 4) is 17.4 Å². The molecule has 1 N–H and O–H groups in total. The maximum atomic E-state index is 12.1. The molecule has 1 amide bonds. The molecule has 3 aromatic heterocycles. The second kappa shape index (κ2) is 7.52. The van der Waals surface area contributed by atoms with Crippen molar-refractivity contribution in [1.82, 2.24) is 19.7 Å². The van der Waals surface area contributed by atoms with E-state index in [-0.39, 0.29) is 12.4 Å². The molecule has 0 aliphatic heterocycles. The van der Waals surface area contributed by atoms with E-state index in [1.54, 1.807) is 41.3 Å². The van der Waals surface area contributed by atoms with E-state index in [4.69, 9.17) is 9.15 Å². The SMILES string of the molecule is O=C(Nc1cc(-n2cccn2)nc(-c2ccco2)n1)OCc1ccccc1. The standard InChI is InChI=1S/C19H15N5O3/c25-19(27-13-14-6-2-1-3-7-14)22-16-12-17(24-10-5-9-20-24)23-18(21-16)15-8-4-11-26-15/h1-12H,13H2,(H,21,22,23,25). The van der Waals surface area contributed by atoms with E-state index in [1.807, 2.05) is 30.3 Å². The number of nitrogens with one attached hydrogen (secondary N) is 1. The number of furan rings is 1. The zero-order valence-corrected chi connectivity index (χ0v) is 14.1. The normalized spacial score (nSPS) is 10.5. The van der Waals surface area contributed by atoms with Gasteiger partial charge in [-0.05, 0) is 23.8 Å². The number of carbonyl (C=O) groups is 1. The molecule has 0 fully saturated rings. The van der Waals surface area contributed by atoms with Crippen LogP contribution in [0.2, 0.25) is 0 Å². The molecule has 0 atom stereocenters. The molecule has 0 unspecified atom stereocenters. The van der Waals surface area contributed by atoms with Crippen LogP contribution < -0.4 is 5.32 Å². The predicted octanol–water partition coefficient (Wildman–Crippen LogP) is 3.67. The number of benzene rings is 1. The fourth-order valence-corrected chi connectivity index (χ4v) is 2.40. The minimum atomic E-state index is -0.616. The molecule has 1 aromatic carbocycles. The first-order valence-corrected chi connectivity index (χ1v) is 8.18. The summed E-state index contributed by atoms with van der Waals surface area (Å²) in [6.45, 7) is 0.162. The lowest BCUT2D eigenvalue weighted by molar-refractivity contribution is 0.155. The lowest BCUT2D eigenvalue weighted by atomic mass is 10.2. The molecule has 0 aliphatic rings. The third-order valence-electron chi connectivity index (χ3n) is 3.64. The summed E-state index contributed by atoms with van der Waals surface area (Å²) < 4.78 is 12.2. The Morgan fingerprint density at radius 1 is 1.11 bits per heavy atom. The van der Waals surface area contributed by atoms with Gasteiger partial charge in [0.25, 0.3) is 0 Å². The van der Waals surface area contributed by atoms with Gasteiger partial charge in [0.2, 0.25) is 0 Å². The van der Waals surface area contributed by atoms with Gasteiger partial charge in [-0.1, -0.05) is 30.3 Å². The van der Waals surface area contributed by atoms with Crippen molar-refractivity contribution < 1.29 is 13.9 Å². The maximum absolute atomic E-state index is 12.1. The third-order valence-corrected chi connectivity index (χ3v) is 3.64. The summed E-state index contributed by atoms with van der Waals surface area (Å²) in [6.07, 6.45) is 4.29. The quantitative estimate of drug-likeness (QED) is 0.583. The van der Waals surface area contributed by atoms with Crippen LogP contribution in [0.3, 0.4) is 0 Å². The molecule has 0 bridgehead atoms. The summed E-state index contributed by atoms with van der Waals surface area (Å²) in [5, 5.41) is 6.78. The highest BCUT2D eigenvalue weighted by molar-refractivity contribution is 5.83. The first kappa shape index (κ1) is 16.5. The van der Waals surface area contributed by atoms with Gasteiger partial charge in [0.1, 0.15) is 12.4 Å². The molecule has 4 rings (SSSR count). The Kier molecular flexibility index (Phi) is 4.60. The van der Waals surface area contributed by atoms with Gasteiger partial charge in [0.05, 0.1) is 6.26 Å². The van der Waals surface area contributed by atoms with Crippen LogP contribution in [0.25, 0.3) is 17.4 Å². The van der Waals surface area contributed by atoms with E-state index in [9.17, 15) is 4.79 Å². The van der Waals surface area contributed by atoms with Crippen LogP contribution in [0.15, 0.2) is 77.7 Å². The first-order chi connectivity index (χ1) is 13.3. The van der Waals surface area contributed by atoms with Gasteiger partial charge in [-0.2, -0.15) is 5.10 Å². The Hall–Kier alpha value is -3.94. The number of hydrogen-bond acceptors (Lipinski definition) is 6. The summed E-state index contributed by atoms with van der Waals surface area (Å²) in [4.78, 5) is 20.9. The largest absolute Gasteiger partial charge is 0.461 e. The molecular weight excluding hydrogens is 346 g/mol. The molecule has 0 saturated carbocycles. The summed E-state index contributed by atoms with van der Waals surface area (Å²) in [6, 6.07) is 16.3. The van der Waals surface area contributed by atoms with Crippen LogP contribution in [0.1, 0.15) is 5.56 Å². The first-order valence-electron chi connectivity index (χ1n) is 8.18. The Morgan fingerprint density at radius 3 is 2.74 bits per heavy atom. The van der Waals surface area contributed by atoms with E-state index in [0.29, 0.717) is 17.4 Å². The van der Waals surface area contributed by atoms with E-state index < -0.39 is 6.09 Å². The zero-order valence-electron chi connectivity index (χ0n) is 14.1. The highest BCUT2D eigenvalue weighted by Crippen LogP contribution is 2.20. The molecule has 27 heavy (non-hydrogen) atoms. The second-order valence-electron chi connectivity index (χ2n) is 5.55. The molecule has 0 radical (unpaired) electrons. The minimum absolute atomic E-state index is 0.162. The number of amides is 1. The van der Waals surface area contributed by atoms with Crippen LogP contribution in [0.5, 0.6) is 0 Å². The number of ether oxygens (including phenoxy) is 1. The van der Waals surface area contributed by atoms with Crippen molar-refractivity contribution in [2.75, 3.05) is 5.32 Å². The molecule has 0 saturated heterocycles. The summed E-state index contributed by atoms with van der Waals surface area (Å²) in [7, 11) is 0. The Morgan fingerprint density at radius 2 is 2.00 bits per heavy atom. The van der Waals surface area contributed by atoms with Crippen molar-refractivity contribution in [3.63, 3.8) is 0 Å². The highest BCUT2D eigenvalue weighted by Gasteiger charge is 2.13.